The van der Waals surface area contributed by atoms with Gasteiger partial charge in [-0.1, -0.05) is 24.3 Å². The third-order valence-corrected chi connectivity index (χ3v) is 3.86. The van der Waals surface area contributed by atoms with Crippen LogP contribution in [-0.4, -0.2) is 14.9 Å². The molecule has 128 valence electrons. The lowest BCUT2D eigenvalue weighted by atomic mass is 10.1. The first kappa shape index (κ1) is 17.0. The molecule has 4 nitrogen and oxygen atoms in total. The van der Waals surface area contributed by atoms with Gasteiger partial charge in [0.25, 0.3) is 0 Å². The number of hydrogen-bond donors (Lipinski definition) is 2. The van der Waals surface area contributed by atoms with Gasteiger partial charge in [-0.05, 0) is 42.4 Å². The van der Waals surface area contributed by atoms with Crippen LogP contribution in [0.1, 0.15) is 11.1 Å². The molecule has 3 aromatic rings. The van der Waals surface area contributed by atoms with Crippen LogP contribution < -0.4 is 10.6 Å². The van der Waals surface area contributed by atoms with E-state index in [0.29, 0.717) is 12.4 Å². The SMILES string of the molecule is Cc1ccccc1Cn1ccc(NC(=S)Nc2ccc(F)cc2F)n1. The molecule has 0 saturated heterocycles. The van der Waals surface area contributed by atoms with Gasteiger partial charge in [-0.15, -0.1) is 0 Å². The summed E-state index contributed by atoms with van der Waals surface area (Å²) in [5.74, 6) is -0.820. The van der Waals surface area contributed by atoms with Crippen LogP contribution in [-0.2, 0) is 6.54 Å². The molecule has 0 aliphatic heterocycles. The predicted molar refractivity (Wildman–Crippen MR) is 98.7 cm³/mol. The summed E-state index contributed by atoms with van der Waals surface area (Å²) in [4.78, 5) is 0. The number of rotatable bonds is 4. The van der Waals surface area contributed by atoms with E-state index in [1.54, 1.807) is 10.7 Å². The van der Waals surface area contributed by atoms with Gasteiger partial charge in [0, 0.05) is 18.3 Å². The maximum Gasteiger partial charge on any atom is 0.176 e. The van der Waals surface area contributed by atoms with Gasteiger partial charge in [0.15, 0.2) is 10.9 Å². The minimum Gasteiger partial charge on any atom is -0.330 e. The second-order valence-corrected chi connectivity index (χ2v) is 5.94. The van der Waals surface area contributed by atoms with Crippen molar-refractivity contribution >= 4 is 28.8 Å². The maximum absolute atomic E-state index is 13.6. The van der Waals surface area contributed by atoms with Crippen LogP contribution in [0.25, 0.3) is 0 Å². The van der Waals surface area contributed by atoms with Gasteiger partial charge >= 0.3 is 0 Å². The van der Waals surface area contributed by atoms with Gasteiger partial charge in [0.2, 0.25) is 0 Å². The summed E-state index contributed by atoms with van der Waals surface area (Å²) in [7, 11) is 0. The number of hydrogen-bond acceptors (Lipinski definition) is 2. The zero-order valence-electron chi connectivity index (χ0n) is 13.5. The Morgan fingerprint density at radius 3 is 2.68 bits per heavy atom. The van der Waals surface area contributed by atoms with Crippen LogP contribution in [0.15, 0.2) is 54.7 Å². The molecule has 0 aliphatic carbocycles. The lowest BCUT2D eigenvalue weighted by Gasteiger charge is -2.09. The molecule has 0 fully saturated rings. The summed E-state index contributed by atoms with van der Waals surface area (Å²) >= 11 is 5.14. The van der Waals surface area contributed by atoms with Crippen molar-refractivity contribution in [3.63, 3.8) is 0 Å². The Kier molecular flexibility index (Phi) is 5.04. The van der Waals surface area contributed by atoms with Crippen molar-refractivity contribution in [3.8, 4) is 0 Å². The number of halogens is 2. The summed E-state index contributed by atoms with van der Waals surface area (Å²) in [6, 6.07) is 13.1. The molecule has 7 heteroatoms. The zero-order valence-corrected chi connectivity index (χ0v) is 14.3. The molecule has 0 radical (unpaired) electrons. The molecule has 0 aliphatic rings. The fraction of sp³-hybridized carbons (Fsp3) is 0.111. The minimum atomic E-state index is -0.714. The average Bonchev–Trinajstić information content (AvgIpc) is 2.99. The second kappa shape index (κ2) is 7.40. The number of benzene rings is 2. The number of nitrogens with zero attached hydrogens (tertiary/aromatic N) is 2. The second-order valence-electron chi connectivity index (χ2n) is 5.53. The molecule has 25 heavy (non-hydrogen) atoms. The molecule has 0 atom stereocenters. The molecule has 0 amide bonds. The number of anilines is 2. The minimum absolute atomic E-state index is 0.0956. The van der Waals surface area contributed by atoms with Crippen molar-refractivity contribution in [2.24, 2.45) is 0 Å². The highest BCUT2D eigenvalue weighted by atomic mass is 32.1. The quantitative estimate of drug-likeness (QED) is 0.682. The first-order valence-electron chi connectivity index (χ1n) is 7.62. The first-order valence-corrected chi connectivity index (χ1v) is 8.03. The summed E-state index contributed by atoms with van der Waals surface area (Å²) < 4.78 is 28.3. The summed E-state index contributed by atoms with van der Waals surface area (Å²) in [6.45, 7) is 2.69. The average molecular weight is 358 g/mol. The fourth-order valence-electron chi connectivity index (χ4n) is 2.34. The van der Waals surface area contributed by atoms with Gasteiger partial charge in [-0.2, -0.15) is 5.10 Å². The topological polar surface area (TPSA) is 41.9 Å². The van der Waals surface area contributed by atoms with E-state index >= 15 is 0 Å². The third kappa shape index (κ3) is 4.39. The van der Waals surface area contributed by atoms with Gasteiger partial charge in [0.1, 0.15) is 11.6 Å². The van der Waals surface area contributed by atoms with Crippen LogP contribution in [0.5, 0.6) is 0 Å². The zero-order chi connectivity index (χ0) is 17.8. The summed E-state index contributed by atoms with van der Waals surface area (Å²) in [5, 5.41) is 10.1. The highest BCUT2D eigenvalue weighted by Gasteiger charge is 2.07. The van der Waals surface area contributed by atoms with Crippen molar-refractivity contribution in [1.82, 2.24) is 9.78 Å². The largest absolute Gasteiger partial charge is 0.330 e. The van der Waals surface area contributed by atoms with Crippen LogP contribution >= 0.6 is 12.2 Å². The Bertz CT molecular complexity index is 908. The van der Waals surface area contributed by atoms with Gasteiger partial charge < -0.3 is 10.6 Å². The smallest absolute Gasteiger partial charge is 0.176 e. The third-order valence-electron chi connectivity index (χ3n) is 3.66. The summed E-state index contributed by atoms with van der Waals surface area (Å²) in [6.07, 6.45) is 1.83. The Labute approximate surface area is 149 Å². The monoisotopic (exact) mass is 358 g/mol. The lowest BCUT2D eigenvalue weighted by molar-refractivity contribution is 0.586. The van der Waals surface area contributed by atoms with E-state index < -0.39 is 11.6 Å². The molecule has 2 N–H and O–H groups in total. The number of aryl methyl sites for hydroxylation is 1. The molecular formula is C18H16F2N4S. The molecule has 2 aromatic carbocycles. The summed E-state index contributed by atoms with van der Waals surface area (Å²) in [5.41, 5.74) is 2.46. The van der Waals surface area contributed by atoms with E-state index in [1.165, 1.54) is 17.2 Å². The van der Waals surface area contributed by atoms with Crippen molar-refractivity contribution in [1.29, 1.82) is 0 Å². The van der Waals surface area contributed by atoms with Crippen LogP contribution in [0.2, 0.25) is 0 Å². The van der Waals surface area contributed by atoms with Gasteiger partial charge in [-0.3, -0.25) is 4.68 Å². The molecule has 0 bridgehead atoms. The highest BCUT2D eigenvalue weighted by Crippen LogP contribution is 2.16. The van der Waals surface area contributed by atoms with E-state index in [0.717, 1.165) is 12.1 Å². The molecule has 0 spiro atoms. The van der Waals surface area contributed by atoms with Gasteiger partial charge in [0.05, 0.1) is 12.2 Å². The van der Waals surface area contributed by atoms with E-state index in [9.17, 15) is 8.78 Å². The highest BCUT2D eigenvalue weighted by molar-refractivity contribution is 7.80. The number of aromatic nitrogens is 2. The Morgan fingerprint density at radius 1 is 1.12 bits per heavy atom. The normalized spacial score (nSPS) is 10.5. The van der Waals surface area contributed by atoms with Crippen LogP contribution in [0.3, 0.4) is 0 Å². The number of nitrogens with one attached hydrogen (secondary N) is 2. The van der Waals surface area contributed by atoms with Crippen LogP contribution in [0.4, 0.5) is 20.3 Å². The Balaban J connectivity index is 1.63. The van der Waals surface area contributed by atoms with Crippen molar-refractivity contribution in [2.45, 2.75) is 13.5 Å². The molecule has 0 saturated carbocycles. The van der Waals surface area contributed by atoms with Gasteiger partial charge in [-0.25, -0.2) is 8.78 Å². The first-order chi connectivity index (χ1) is 12.0. The molecule has 3 rings (SSSR count). The molecule has 0 unspecified atom stereocenters. The Hall–Kier alpha value is -2.80. The van der Waals surface area contributed by atoms with Crippen molar-refractivity contribution < 1.29 is 8.78 Å². The molecule has 1 heterocycles. The van der Waals surface area contributed by atoms with Crippen molar-refractivity contribution in [2.75, 3.05) is 10.6 Å². The van der Waals surface area contributed by atoms with E-state index in [4.69, 9.17) is 12.2 Å². The van der Waals surface area contributed by atoms with E-state index in [1.807, 2.05) is 37.4 Å². The Morgan fingerprint density at radius 2 is 1.92 bits per heavy atom. The fourth-order valence-corrected chi connectivity index (χ4v) is 2.55. The van der Waals surface area contributed by atoms with E-state index in [2.05, 4.69) is 15.7 Å². The van der Waals surface area contributed by atoms with E-state index in [-0.39, 0.29) is 10.8 Å². The molecule has 1 aromatic heterocycles. The lowest BCUT2D eigenvalue weighted by Crippen LogP contribution is -2.20. The predicted octanol–water partition coefficient (Wildman–Crippen LogP) is 4.33. The molecular weight excluding hydrogens is 342 g/mol. The van der Waals surface area contributed by atoms with Crippen molar-refractivity contribution in [3.05, 3.63) is 77.5 Å². The maximum atomic E-state index is 13.6. The number of thiocarbonyl (C=S) groups is 1. The standard InChI is InChI=1S/C18H16F2N4S/c1-12-4-2-3-5-13(12)11-24-9-8-17(23-24)22-18(25)21-16-7-6-14(19)10-15(16)20/h2-10H,11H2,1H3,(H2,21,22,23,25). The van der Waals surface area contributed by atoms with Crippen LogP contribution in [0, 0.1) is 18.6 Å².